The first-order chi connectivity index (χ1) is 10.9. The zero-order valence-corrected chi connectivity index (χ0v) is 16.0. The van der Waals surface area contributed by atoms with Gasteiger partial charge in [0.15, 0.2) is 14.4 Å². The molecular weight excluding hydrogens is 334 g/mol. The Balaban J connectivity index is 2.65. The number of nitro groups is 1. The predicted molar refractivity (Wildman–Crippen MR) is 89.8 cm³/mol. The predicted octanol–water partition coefficient (Wildman–Crippen LogP) is 1.51. The van der Waals surface area contributed by atoms with E-state index in [9.17, 15) is 20.0 Å². The minimum Gasteiger partial charge on any atom is -0.464 e. The van der Waals surface area contributed by atoms with Crippen LogP contribution >= 0.6 is 0 Å². The Morgan fingerprint density at radius 3 is 2.38 bits per heavy atom. The first-order valence-electron chi connectivity index (χ1n) is 7.78. The molecule has 1 rings (SSSR count). The van der Waals surface area contributed by atoms with Crippen molar-refractivity contribution >= 4 is 14.3 Å². The van der Waals surface area contributed by atoms with Gasteiger partial charge < -0.3 is 19.0 Å². The standard InChI is InChI=1S/C15H27NO7Si/c1-15(2,3)24(5,6)22-9-10(17)11-7-8-12(23-11)13(16(19)20)14(18)21-4/h7-8,10-13,17H,9H2,1-6H3/t10-,11-,12?,13?/m1/s1. The summed E-state index contributed by atoms with van der Waals surface area (Å²) >= 11 is 0. The van der Waals surface area contributed by atoms with Crippen molar-refractivity contribution in [1.82, 2.24) is 0 Å². The van der Waals surface area contributed by atoms with Gasteiger partial charge in [0.2, 0.25) is 0 Å². The molecule has 1 aliphatic heterocycles. The smallest absolute Gasteiger partial charge is 0.384 e. The van der Waals surface area contributed by atoms with Gasteiger partial charge >= 0.3 is 12.0 Å². The summed E-state index contributed by atoms with van der Waals surface area (Å²) in [6.07, 6.45) is 0.131. The van der Waals surface area contributed by atoms with Crippen molar-refractivity contribution in [3.63, 3.8) is 0 Å². The molecule has 24 heavy (non-hydrogen) atoms. The maximum absolute atomic E-state index is 11.5. The Bertz CT molecular complexity index is 501. The summed E-state index contributed by atoms with van der Waals surface area (Å²) in [6.45, 7) is 10.5. The lowest BCUT2D eigenvalue weighted by Gasteiger charge is -2.37. The number of carbonyl (C=O) groups excluding carboxylic acids is 1. The van der Waals surface area contributed by atoms with Crippen LogP contribution in [0, 0.1) is 10.1 Å². The third kappa shape index (κ3) is 4.85. The zero-order valence-electron chi connectivity index (χ0n) is 15.0. The summed E-state index contributed by atoms with van der Waals surface area (Å²) in [5.41, 5.74) is 0. The average molecular weight is 361 g/mol. The number of rotatable bonds is 7. The highest BCUT2D eigenvalue weighted by molar-refractivity contribution is 6.74. The lowest BCUT2D eigenvalue weighted by atomic mass is 10.1. The number of hydrogen-bond acceptors (Lipinski definition) is 7. The second-order valence-electron chi connectivity index (χ2n) is 7.34. The van der Waals surface area contributed by atoms with E-state index >= 15 is 0 Å². The molecule has 1 aliphatic rings. The Kier molecular flexibility index (Phi) is 6.68. The fraction of sp³-hybridized carbons (Fsp3) is 0.800. The molecule has 0 aromatic carbocycles. The van der Waals surface area contributed by atoms with E-state index in [1.807, 2.05) is 0 Å². The van der Waals surface area contributed by atoms with E-state index in [1.54, 1.807) is 0 Å². The van der Waals surface area contributed by atoms with Crippen LogP contribution in [0.2, 0.25) is 18.1 Å². The molecule has 4 atom stereocenters. The molecule has 0 spiro atoms. The maximum Gasteiger partial charge on any atom is 0.384 e. The quantitative estimate of drug-likeness (QED) is 0.241. The molecule has 8 nitrogen and oxygen atoms in total. The molecule has 9 heteroatoms. The highest BCUT2D eigenvalue weighted by Crippen LogP contribution is 2.36. The molecule has 0 aromatic heterocycles. The lowest BCUT2D eigenvalue weighted by molar-refractivity contribution is -0.520. The maximum atomic E-state index is 11.5. The molecule has 0 saturated heterocycles. The molecule has 0 amide bonds. The van der Waals surface area contributed by atoms with E-state index in [2.05, 4.69) is 38.6 Å². The third-order valence-electron chi connectivity index (χ3n) is 4.59. The highest BCUT2D eigenvalue weighted by atomic mass is 28.4. The van der Waals surface area contributed by atoms with Crippen molar-refractivity contribution in [3.8, 4) is 0 Å². The minimum atomic E-state index is -2.02. The van der Waals surface area contributed by atoms with E-state index in [1.165, 1.54) is 12.2 Å². The molecule has 0 aliphatic carbocycles. The topological polar surface area (TPSA) is 108 Å². The normalized spacial score (nSPS) is 23.8. The van der Waals surface area contributed by atoms with Gasteiger partial charge in [-0.1, -0.05) is 26.8 Å². The van der Waals surface area contributed by atoms with Crippen molar-refractivity contribution in [2.45, 2.75) is 63.3 Å². The van der Waals surface area contributed by atoms with Crippen molar-refractivity contribution in [3.05, 3.63) is 22.3 Å². The van der Waals surface area contributed by atoms with Crippen LogP contribution in [-0.2, 0) is 18.7 Å². The average Bonchev–Trinajstić information content (AvgIpc) is 2.92. The Morgan fingerprint density at radius 2 is 1.92 bits per heavy atom. The van der Waals surface area contributed by atoms with Crippen LogP contribution in [0.1, 0.15) is 20.8 Å². The van der Waals surface area contributed by atoms with Gasteiger partial charge in [-0.25, -0.2) is 4.79 Å². The summed E-state index contributed by atoms with van der Waals surface area (Å²) in [7, 11) is -0.941. The second-order valence-corrected chi connectivity index (χ2v) is 12.2. The molecule has 138 valence electrons. The summed E-state index contributed by atoms with van der Waals surface area (Å²) < 4.78 is 15.8. The zero-order chi connectivity index (χ0) is 18.7. The minimum absolute atomic E-state index is 0.00320. The number of carbonyl (C=O) groups is 1. The summed E-state index contributed by atoms with van der Waals surface area (Å²) in [5, 5.41) is 21.3. The van der Waals surface area contributed by atoms with Crippen LogP contribution in [0.15, 0.2) is 12.2 Å². The second kappa shape index (κ2) is 7.73. The number of nitrogens with zero attached hydrogens (tertiary/aromatic N) is 1. The van der Waals surface area contributed by atoms with E-state index < -0.39 is 43.6 Å². The highest BCUT2D eigenvalue weighted by Gasteiger charge is 2.44. The van der Waals surface area contributed by atoms with Gasteiger partial charge in [0.1, 0.15) is 12.2 Å². The van der Waals surface area contributed by atoms with Gasteiger partial charge in [0, 0.05) is 4.92 Å². The van der Waals surface area contributed by atoms with Crippen molar-refractivity contribution in [1.29, 1.82) is 0 Å². The van der Waals surface area contributed by atoms with E-state index in [0.717, 1.165) is 7.11 Å². The van der Waals surface area contributed by atoms with Crippen LogP contribution in [0.5, 0.6) is 0 Å². The number of esters is 1. The van der Waals surface area contributed by atoms with Gasteiger partial charge in [-0.2, -0.15) is 0 Å². The number of aliphatic hydroxyl groups is 1. The largest absolute Gasteiger partial charge is 0.464 e. The monoisotopic (exact) mass is 361 g/mol. The first-order valence-corrected chi connectivity index (χ1v) is 10.7. The van der Waals surface area contributed by atoms with Crippen LogP contribution in [0.3, 0.4) is 0 Å². The molecule has 0 radical (unpaired) electrons. The van der Waals surface area contributed by atoms with Gasteiger partial charge in [0.25, 0.3) is 0 Å². The number of hydrogen-bond donors (Lipinski definition) is 1. The fourth-order valence-electron chi connectivity index (χ4n) is 1.96. The molecule has 0 bridgehead atoms. The van der Waals surface area contributed by atoms with Crippen LogP contribution in [0.4, 0.5) is 0 Å². The molecule has 1 heterocycles. The van der Waals surface area contributed by atoms with Crippen molar-refractivity contribution < 1.29 is 28.7 Å². The SMILES string of the molecule is COC(=O)C(C1C=C[C@H]([C@H](O)CO[Si](C)(C)C(C)(C)C)O1)[N+](=O)[O-]. The summed E-state index contributed by atoms with van der Waals surface area (Å²) in [6, 6.07) is -1.65. The lowest BCUT2D eigenvalue weighted by Crippen LogP contribution is -2.45. The number of aliphatic hydroxyl groups excluding tert-OH is 1. The molecule has 0 saturated carbocycles. The Morgan fingerprint density at radius 1 is 1.38 bits per heavy atom. The number of ether oxygens (including phenoxy) is 2. The van der Waals surface area contributed by atoms with Gasteiger partial charge in [-0.05, 0) is 24.2 Å². The van der Waals surface area contributed by atoms with Crippen LogP contribution < -0.4 is 0 Å². The van der Waals surface area contributed by atoms with Crippen molar-refractivity contribution in [2.75, 3.05) is 13.7 Å². The van der Waals surface area contributed by atoms with Crippen LogP contribution in [-0.4, -0.2) is 62.4 Å². The molecule has 1 N–H and O–H groups in total. The van der Waals surface area contributed by atoms with Gasteiger partial charge in [0.05, 0.1) is 13.7 Å². The molecule has 0 fully saturated rings. The summed E-state index contributed by atoms with van der Waals surface area (Å²) in [4.78, 5) is 21.8. The Hall–Kier alpha value is -1.29. The van der Waals surface area contributed by atoms with Gasteiger partial charge in [-0.15, -0.1) is 0 Å². The van der Waals surface area contributed by atoms with Gasteiger partial charge in [-0.3, -0.25) is 10.1 Å². The van der Waals surface area contributed by atoms with Crippen LogP contribution in [0.25, 0.3) is 0 Å². The van der Waals surface area contributed by atoms with Crippen molar-refractivity contribution in [2.24, 2.45) is 0 Å². The van der Waals surface area contributed by atoms with E-state index in [0.29, 0.717) is 0 Å². The number of methoxy groups -OCH3 is 1. The van der Waals surface area contributed by atoms with E-state index in [4.69, 9.17) is 9.16 Å². The first kappa shape index (κ1) is 20.8. The third-order valence-corrected chi connectivity index (χ3v) is 9.09. The molecule has 2 unspecified atom stereocenters. The Labute approximate surface area is 143 Å². The summed E-state index contributed by atoms with van der Waals surface area (Å²) in [5.74, 6) is -0.984. The van der Waals surface area contributed by atoms with E-state index in [-0.39, 0.29) is 11.6 Å². The molecular formula is C15H27NO7Si. The molecule has 0 aromatic rings. The fourth-order valence-corrected chi connectivity index (χ4v) is 2.98.